The fourth-order valence-corrected chi connectivity index (χ4v) is 0.0864. The van der Waals surface area contributed by atoms with Crippen molar-refractivity contribution in [2.45, 2.75) is 0 Å². The van der Waals surface area contributed by atoms with Gasteiger partial charge in [-0.3, -0.25) is 0 Å². The van der Waals surface area contributed by atoms with Crippen LogP contribution >= 0.6 is 0 Å². The van der Waals surface area contributed by atoms with E-state index in [-0.39, 0.29) is 22.7 Å². The van der Waals surface area contributed by atoms with Gasteiger partial charge in [0, 0.05) is 0 Å². The minimum Gasteiger partial charge on any atom is -0.414 e. The van der Waals surface area contributed by atoms with Gasteiger partial charge in [0.2, 0.25) is 5.76 Å². The Morgan fingerprint density at radius 3 is 1.83 bits per heavy atom. The van der Waals surface area contributed by atoms with Gasteiger partial charge < -0.3 is 4.74 Å². The second kappa shape index (κ2) is 1.26. The van der Waals surface area contributed by atoms with E-state index in [0.29, 0.717) is 0 Å². The fraction of sp³-hybridized carbons (Fsp3) is 0. The number of carbonyl (C=O) groups excluding carboxylic acids is 1. The summed E-state index contributed by atoms with van der Waals surface area (Å²) in [6, 6.07) is 0. The number of hydrogen-bond acceptors (Lipinski definition) is 2. The van der Waals surface area contributed by atoms with Gasteiger partial charge in [0.25, 0.3) is 0 Å². The molecule has 0 atom stereocenters. The molecule has 34 valence electrons. The molecule has 1 rings (SSSR count). The maximum atomic E-state index is 9.56. The molecule has 0 N–H and O–H groups in total. The quantitative estimate of drug-likeness (QED) is 0.214. The molecule has 0 unspecified atom stereocenters. The molecule has 1 aliphatic heterocycles. The van der Waals surface area contributed by atoms with Crippen LogP contribution in [0.5, 0.6) is 0 Å². The number of epoxide rings is 1. The van der Waals surface area contributed by atoms with Crippen molar-refractivity contribution < 1.29 is 9.53 Å². The van der Waals surface area contributed by atoms with Gasteiger partial charge in [-0.05, 0) is 17.5 Å². The van der Waals surface area contributed by atoms with Gasteiger partial charge in [0.05, 0.1) is 0 Å². The first-order valence-electron chi connectivity index (χ1n) is 1.22. The molecule has 3 heteroatoms. The maximum absolute atomic E-state index is 9.56. The number of carbonyl (C=O) groups is 1. The van der Waals surface area contributed by atoms with Crippen LogP contribution in [-0.4, -0.2) is 16.9 Å². The third-order valence-corrected chi connectivity index (χ3v) is 0.402. The second-order valence-electron chi connectivity index (χ2n) is 0.813. The van der Waals surface area contributed by atoms with Crippen molar-refractivity contribution in [2.24, 2.45) is 0 Å². The summed E-state index contributed by atoms with van der Waals surface area (Å²) in [6.07, 6.45) is 0. The summed E-state index contributed by atoms with van der Waals surface area (Å²) < 4.78 is 4.08. The lowest BCUT2D eigenvalue weighted by Crippen LogP contribution is -1.49. The molecule has 0 amide bonds. The maximum Gasteiger partial charge on any atom is 0.379 e. The molecule has 6 heavy (non-hydrogen) atoms. The number of cyclic esters (lactones) is 1. The summed E-state index contributed by atoms with van der Waals surface area (Å²) in [5.41, 5.74) is 0. The lowest BCUT2D eigenvalue weighted by Gasteiger charge is -1.33. The van der Waals surface area contributed by atoms with Gasteiger partial charge >= 0.3 is 5.97 Å². The average Bonchev–Trinajstić information content (AvgIpc) is 1.79. The third-order valence-electron chi connectivity index (χ3n) is 0.402. The summed E-state index contributed by atoms with van der Waals surface area (Å²) in [6.45, 7) is 3.18. The van der Waals surface area contributed by atoms with Gasteiger partial charge in [0.1, 0.15) is 0 Å². The first kappa shape index (κ1) is 5.43. The van der Waals surface area contributed by atoms with E-state index in [9.17, 15) is 4.79 Å². The second-order valence-corrected chi connectivity index (χ2v) is 0.813. The predicted octanol–water partition coefficient (Wildman–Crippen LogP) is -1.39. The minimum atomic E-state index is -0.273. The molecular weight excluding hydrogens is 96.1 g/mol. The first-order valence-corrected chi connectivity index (χ1v) is 1.22. The summed E-state index contributed by atoms with van der Waals surface area (Å²) in [4.78, 5) is 9.56. The Hall–Kier alpha value is -0.573. The van der Waals surface area contributed by atoms with E-state index >= 15 is 0 Å². The van der Waals surface area contributed by atoms with E-state index in [4.69, 9.17) is 0 Å². The highest BCUT2D eigenvalue weighted by molar-refractivity contribution is 5.99. The molecule has 0 aromatic carbocycles. The van der Waals surface area contributed by atoms with Crippen LogP contribution in [0.2, 0.25) is 0 Å². The van der Waals surface area contributed by atoms with Crippen LogP contribution in [0.1, 0.15) is 0 Å². The fourth-order valence-electron chi connectivity index (χ4n) is 0.0864. The number of ether oxygens (including phenoxy) is 1. The van der Waals surface area contributed by atoms with Gasteiger partial charge in [-0.25, -0.2) is 4.79 Å². The van der Waals surface area contributed by atoms with E-state index in [1.54, 1.807) is 0 Å². The molecule has 2 nitrogen and oxygen atoms in total. The van der Waals surface area contributed by atoms with Crippen LogP contribution < -0.4 is 0 Å². The van der Waals surface area contributed by atoms with Crippen molar-refractivity contribution in [2.75, 3.05) is 0 Å². The van der Waals surface area contributed by atoms with E-state index in [1.165, 1.54) is 0 Å². The number of hydrogen-bond donors (Lipinski definition) is 0. The minimum absolute atomic E-state index is 0. The molecule has 0 radical (unpaired) electrons. The van der Waals surface area contributed by atoms with Crippen LogP contribution in [0.25, 0.3) is 0 Å². The lowest BCUT2D eigenvalue weighted by molar-refractivity contribution is -0.117. The van der Waals surface area contributed by atoms with Crippen molar-refractivity contribution in [3.8, 4) is 0 Å². The average molecular weight is 102 g/mol. The Kier molecular flexibility index (Phi) is 1.14. The summed E-state index contributed by atoms with van der Waals surface area (Å²) >= 11 is 0. The highest BCUT2D eigenvalue weighted by Crippen LogP contribution is 2.11. The molecule has 0 aliphatic carbocycles. The topological polar surface area (TPSA) is 29.6 Å². The predicted molar refractivity (Wildman–Crippen MR) is 26.6 cm³/mol. The van der Waals surface area contributed by atoms with Crippen LogP contribution in [0, 0.1) is 0 Å². The van der Waals surface area contributed by atoms with Gasteiger partial charge in [-0.2, -0.15) is 0 Å². The highest BCUT2D eigenvalue weighted by Gasteiger charge is 2.26. The Morgan fingerprint density at radius 2 is 1.83 bits per heavy atom. The summed E-state index contributed by atoms with van der Waals surface area (Å²) in [5.74, 6) is 0.00926. The van der Waals surface area contributed by atoms with Crippen molar-refractivity contribution in [1.82, 2.24) is 0 Å². The zero-order valence-electron chi connectivity index (χ0n) is 2.52. The normalized spacial score (nSPS) is 15.3. The molecule has 1 heterocycles. The Labute approximate surface area is 39.8 Å². The van der Waals surface area contributed by atoms with Crippen LogP contribution in [0.3, 0.4) is 0 Å². The first-order chi connectivity index (χ1) is 2.30. The zero-order valence-corrected chi connectivity index (χ0v) is 2.52. The molecular formula is C3H6O2Si. The van der Waals surface area contributed by atoms with Crippen LogP contribution in [0.15, 0.2) is 12.3 Å². The lowest BCUT2D eigenvalue weighted by atomic mass is 10.8. The largest absolute Gasteiger partial charge is 0.414 e. The van der Waals surface area contributed by atoms with Crippen molar-refractivity contribution in [3.63, 3.8) is 0 Å². The molecule has 1 fully saturated rings. The zero-order chi connectivity index (χ0) is 3.86. The molecule has 0 aromatic heterocycles. The Balaban J connectivity index is 0.000000250. The summed E-state index contributed by atoms with van der Waals surface area (Å²) in [5, 5.41) is 0. The molecule has 0 aromatic rings. The van der Waals surface area contributed by atoms with E-state index in [1.807, 2.05) is 0 Å². The molecule has 1 aliphatic rings. The molecule has 0 bridgehead atoms. The van der Waals surface area contributed by atoms with Crippen molar-refractivity contribution in [1.29, 1.82) is 0 Å². The molecule has 0 saturated carbocycles. The van der Waals surface area contributed by atoms with Gasteiger partial charge in [0.15, 0.2) is 0 Å². The summed E-state index contributed by atoms with van der Waals surface area (Å²) in [7, 11) is 0. The standard InChI is InChI=1S/C3H2O2.H4Si/c1-2-3(4)5-2;/h1H2;1H4. The smallest absolute Gasteiger partial charge is 0.379 e. The van der Waals surface area contributed by atoms with Crippen LogP contribution in [0.4, 0.5) is 0 Å². The van der Waals surface area contributed by atoms with Crippen molar-refractivity contribution >= 4 is 16.9 Å². The number of rotatable bonds is 0. The monoisotopic (exact) mass is 102 g/mol. The van der Waals surface area contributed by atoms with Gasteiger partial charge in [-0.15, -0.1) is 0 Å². The van der Waals surface area contributed by atoms with E-state index in [0.717, 1.165) is 0 Å². The van der Waals surface area contributed by atoms with Crippen LogP contribution in [-0.2, 0) is 9.53 Å². The van der Waals surface area contributed by atoms with Gasteiger partial charge in [-0.1, -0.05) is 0 Å². The SMILES string of the molecule is C=C1OC1=O.[SiH4]. The third kappa shape index (κ3) is 0.685. The van der Waals surface area contributed by atoms with E-state index < -0.39 is 0 Å². The highest BCUT2D eigenvalue weighted by atomic mass is 28.1. The Morgan fingerprint density at radius 1 is 1.67 bits per heavy atom. The molecule has 0 spiro atoms. The van der Waals surface area contributed by atoms with Crippen molar-refractivity contribution in [3.05, 3.63) is 12.3 Å². The van der Waals surface area contributed by atoms with E-state index in [2.05, 4.69) is 11.3 Å². The Bertz CT molecular complexity index is 85.0. The molecule has 1 saturated heterocycles.